The SMILES string of the molecule is N=C(N)c1ccnnc1NC1CC1. The number of nitrogen functional groups attached to an aromatic ring is 1. The van der Waals surface area contributed by atoms with E-state index in [0.717, 1.165) is 12.8 Å². The van der Waals surface area contributed by atoms with Crippen molar-refractivity contribution in [2.24, 2.45) is 5.73 Å². The molecule has 0 aromatic carbocycles. The zero-order valence-electron chi connectivity index (χ0n) is 7.12. The minimum Gasteiger partial charge on any atom is -0.384 e. The van der Waals surface area contributed by atoms with E-state index in [0.29, 0.717) is 17.4 Å². The maximum Gasteiger partial charge on any atom is 0.159 e. The summed E-state index contributed by atoms with van der Waals surface area (Å²) in [6.45, 7) is 0. The van der Waals surface area contributed by atoms with Crippen LogP contribution in [0.4, 0.5) is 5.82 Å². The van der Waals surface area contributed by atoms with Crippen molar-refractivity contribution in [2.75, 3.05) is 5.32 Å². The molecule has 4 N–H and O–H groups in total. The van der Waals surface area contributed by atoms with E-state index in [1.54, 1.807) is 6.07 Å². The molecule has 0 saturated heterocycles. The van der Waals surface area contributed by atoms with Gasteiger partial charge in [-0.1, -0.05) is 0 Å². The van der Waals surface area contributed by atoms with Crippen LogP contribution in [0.25, 0.3) is 0 Å². The molecule has 1 heterocycles. The summed E-state index contributed by atoms with van der Waals surface area (Å²) in [6.07, 6.45) is 3.86. The smallest absolute Gasteiger partial charge is 0.159 e. The molecular weight excluding hydrogens is 166 g/mol. The fourth-order valence-corrected chi connectivity index (χ4v) is 1.08. The highest BCUT2D eigenvalue weighted by Crippen LogP contribution is 2.24. The Balaban J connectivity index is 2.25. The van der Waals surface area contributed by atoms with Crippen LogP contribution in [-0.2, 0) is 0 Å². The molecule has 0 radical (unpaired) electrons. The van der Waals surface area contributed by atoms with Crippen molar-refractivity contribution in [3.63, 3.8) is 0 Å². The Bertz CT molecular complexity index is 331. The van der Waals surface area contributed by atoms with Gasteiger partial charge < -0.3 is 11.1 Å². The zero-order valence-corrected chi connectivity index (χ0v) is 7.12. The predicted octanol–water partition coefficient (Wildman–Crippen LogP) is 0.335. The van der Waals surface area contributed by atoms with E-state index in [9.17, 15) is 0 Å². The summed E-state index contributed by atoms with van der Waals surface area (Å²) in [6, 6.07) is 2.19. The molecule has 0 amide bonds. The number of rotatable bonds is 3. The molecule has 13 heavy (non-hydrogen) atoms. The van der Waals surface area contributed by atoms with Gasteiger partial charge in [-0.3, -0.25) is 5.41 Å². The first-order valence-corrected chi connectivity index (χ1v) is 4.20. The van der Waals surface area contributed by atoms with E-state index < -0.39 is 0 Å². The molecule has 0 aliphatic heterocycles. The monoisotopic (exact) mass is 177 g/mol. The summed E-state index contributed by atoms with van der Waals surface area (Å²) >= 11 is 0. The average molecular weight is 177 g/mol. The number of hydrogen-bond donors (Lipinski definition) is 3. The van der Waals surface area contributed by atoms with Crippen LogP contribution in [0.1, 0.15) is 18.4 Å². The first-order valence-electron chi connectivity index (χ1n) is 4.20. The van der Waals surface area contributed by atoms with Gasteiger partial charge in [0.1, 0.15) is 5.84 Å². The van der Waals surface area contributed by atoms with E-state index in [1.165, 1.54) is 6.20 Å². The quantitative estimate of drug-likeness (QED) is 0.458. The minimum atomic E-state index is 0.0260. The summed E-state index contributed by atoms with van der Waals surface area (Å²) in [5.41, 5.74) is 6.01. The molecule has 5 heteroatoms. The Morgan fingerprint density at radius 1 is 1.62 bits per heavy atom. The van der Waals surface area contributed by atoms with Crippen LogP contribution in [0.3, 0.4) is 0 Å². The Labute approximate surface area is 75.9 Å². The minimum absolute atomic E-state index is 0.0260. The van der Waals surface area contributed by atoms with E-state index in [2.05, 4.69) is 15.5 Å². The number of aromatic nitrogens is 2. The Kier molecular flexibility index (Phi) is 1.84. The number of nitrogens with zero attached hydrogens (tertiary/aromatic N) is 2. The Morgan fingerprint density at radius 3 is 3.00 bits per heavy atom. The highest BCUT2D eigenvalue weighted by molar-refractivity contribution is 5.99. The van der Waals surface area contributed by atoms with Crippen LogP contribution < -0.4 is 11.1 Å². The average Bonchev–Trinajstić information content (AvgIpc) is 2.89. The molecule has 2 rings (SSSR count). The second-order valence-electron chi connectivity index (χ2n) is 3.13. The number of hydrogen-bond acceptors (Lipinski definition) is 4. The topological polar surface area (TPSA) is 87.7 Å². The summed E-state index contributed by atoms with van der Waals surface area (Å²) in [7, 11) is 0. The maximum atomic E-state index is 7.31. The van der Waals surface area contributed by atoms with Crippen molar-refractivity contribution in [3.05, 3.63) is 17.8 Å². The third-order valence-electron chi connectivity index (χ3n) is 1.93. The van der Waals surface area contributed by atoms with Gasteiger partial charge in [-0.05, 0) is 18.9 Å². The molecule has 1 aliphatic rings. The zero-order chi connectivity index (χ0) is 9.26. The summed E-state index contributed by atoms with van der Waals surface area (Å²) in [4.78, 5) is 0. The Morgan fingerprint density at radius 2 is 2.38 bits per heavy atom. The Hall–Kier alpha value is -1.65. The van der Waals surface area contributed by atoms with E-state index in [1.807, 2.05) is 0 Å². The first kappa shape index (κ1) is 7.97. The van der Waals surface area contributed by atoms with Crippen molar-refractivity contribution in [1.29, 1.82) is 5.41 Å². The standard InChI is InChI=1S/C8H11N5/c9-7(10)6-3-4-11-13-8(6)12-5-1-2-5/h3-5H,1-2H2,(H3,9,10)(H,12,13). The fraction of sp³-hybridized carbons (Fsp3) is 0.375. The van der Waals surface area contributed by atoms with E-state index in [4.69, 9.17) is 11.1 Å². The van der Waals surface area contributed by atoms with Gasteiger partial charge >= 0.3 is 0 Å². The van der Waals surface area contributed by atoms with Crippen molar-refractivity contribution >= 4 is 11.7 Å². The van der Waals surface area contributed by atoms with Crippen molar-refractivity contribution in [2.45, 2.75) is 18.9 Å². The van der Waals surface area contributed by atoms with Crippen LogP contribution >= 0.6 is 0 Å². The summed E-state index contributed by atoms with van der Waals surface area (Å²) in [5.74, 6) is 0.649. The van der Waals surface area contributed by atoms with Crippen LogP contribution in [-0.4, -0.2) is 22.1 Å². The first-order chi connectivity index (χ1) is 6.27. The van der Waals surface area contributed by atoms with Crippen LogP contribution in [0.2, 0.25) is 0 Å². The van der Waals surface area contributed by atoms with Gasteiger partial charge in [0.05, 0.1) is 11.8 Å². The normalized spacial score (nSPS) is 15.4. The number of nitrogens with one attached hydrogen (secondary N) is 2. The molecule has 0 bridgehead atoms. The highest BCUT2D eigenvalue weighted by atomic mass is 15.2. The van der Waals surface area contributed by atoms with Gasteiger partial charge in [0.2, 0.25) is 0 Å². The second kappa shape index (κ2) is 3.01. The van der Waals surface area contributed by atoms with Crippen LogP contribution in [0, 0.1) is 5.41 Å². The van der Waals surface area contributed by atoms with Gasteiger partial charge in [-0.25, -0.2) is 0 Å². The second-order valence-corrected chi connectivity index (χ2v) is 3.13. The van der Waals surface area contributed by atoms with Crippen molar-refractivity contribution in [3.8, 4) is 0 Å². The molecule has 0 atom stereocenters. The molecule has 68 valence electrons. The molecule has 1 aromatic rings. The molecule has 1 fully saturated rings. The highest BCUT2D eigenvalue weighted by Gasteiger charge is 2.22. The lowest BCUT2D eigenvalue weighted by molar-refractivity contribution is 0.994. The molecule has 1 saturated carbocycles. The van der Waals surface area contributed by atoms with E-state index in [-0.39, 0.29) is 5.84 Å². The third-order valence-corrected chi connectivity index (χ3v) is 1.93. The van der Waals surface area contributed by atoms with Gasteiger partial charge in [-0.15, -0.1) is 5.10 Å². The van der Waals surface area contributed by atoms with Crippen LogP contribution in [0.15, 0.2) is 12.3 Å². The van der Waals surface area contributed by atoms with Gasteiger partial charge in [0.15, 0.2) is 5.82 Å². The number of anilines is 1. The lowest BCUT2D eigenvalue weighted by Gasteiger charge is -2.06. The van der Waals surface area contributed by atoms with Gasteiger partial charge in [0, 0.05) is 6.04 Å². The fourth-order valence-electron chi connectivity index (χ4n) is 1.08. The summed E-state index contributed by atoms with van der Waals surface area (Å²) in [5, 5.41) is 18.1. The molecule has 1 aliphatic carbocycles. The third kappa shape index (κ3) is 1.74. The lowest BCUT2D eigenvalue weighted by atomic mass is 10.2. The number of amidine groups is 1. The maximum absolute atomic E-state index is 7.31. The van der Waals surface area contributed by atoms with Crippen LogP contribution in [0.5, 0.6) is 0 Å². The van der Waals surface area contributed by atoms with Gasteiger partial charge in [0.25, 0.3) is 0 Å². The van der Waals surface area contributed by atoms with Crippen molar-refractivity contribution in [1.82, 2.24) is 10.2 Å². The molecule has 0 spiro atoms. The number of nitrogens with two attached hydrogens (primary N) is 1. The lowest BCUT2D eigenvalue weighted by Crippen LogP contribution is -2.16. The summed E-state index contributed by atoms with van der Waals surface area (Å²) < 4.78 is 0. The predicted molar refractivity (Wildman–Crippen MR) is 49.7 cm³/mol. The molecule has 0 unspecified atom stereocenters. The largest absolute Gasteiger partial charge is 0.384 e. The van der Waals surface area contributed by atoms with Gasteiger partial charge in [-0.2, -0.15) is 5.10 Å². The van der Waals surface area contributed by atoms with Crippen molar-refractivity contribution < 1.29 is 0 Å². The molecule has 5 nitrogen and oxygen atoms in total. The molecular formula is C8H11N5. The molecule has 1 aromatic heterocycles. The van der Waals surface area contributed by atoms with E-state index >= 15 is 0 Å².